The Bertz CT molecular complexity index is 728. The van der Waals surface area contributed by atoms with Gasteiger partial charge in [0.25, 0.3) is 5.91 Å². The van der Waals surface area contributed by atoms with Crippen molar-refractivity contribution in [2.45, 2.75) is 62.9 Å². The third-order valence-corrected chi connectivity index (χ3v) is 6.58. The first-order chi connectivity index (χ1) is 14.4. The van der Waals surface area contributed by atoms with E-state index in [0.29, 0.717) is 12.0 Å². The number of carboxylic acids is 2. The molecule has 2 saturated carbocycles. The highest BCUT2D eigenvalue weighted by Gasteiger charge is 2.40. The molecular formula is C21H30N2O6S. The van der Waals surface area contributed by atoms with Crippen molar-refractivity contribution in [2.75, 3.05) is 19.8 Å². The van der Waals surface area contributed by atoms with Gasteiger partial charge in [-0.05, 0) is 50.6 Å². The van der Waals surface area contributed by atoms with Crippen molar-refractivity contribution < 1.29 is 29.3 Å². The number of aliphatic carboxylic acids is 2. The highest BCUT2D eigenvalue weighted by molar-refractivity contribution is 7.10. The van der Waals surface area contributed by atoms with Crippen LogP contribution in [-0.2, 0) is 14.3 Å². The van der Waals surface area contributed by atoms with Crippen molar-refractivity contribution in [2.24, 2.45) is 5.92 Å². The number of thiophene rings is 1. The highest BCUT2D eigenvalue weighted by atomic mass is 32.1. The number of hydrogen-bond acceptors (Lipinski definition) is 6. The number of amides is 1. The molecule has 1 saturated heterocycles. The molecule has 3 aliphatic rings. The monoisotopic (exact) mass is 438 g/mol. The van der Waals surface area contributed by atoms with E-state index in [2.05, 4.69) is 16.7 Å². The Balaban J connectivity index is 0.000000275. The van der Waals surface area contributed by atoms with Gasteiger partial charge in [0.15, 0.2) is 0 Å². The summed E-state index contributed by atoms with van der Waals surface area (Å²) in [6, 6.07) is 3.02. The second-order valence-electron chi connectivity index (χ2n) is 8.19. The molecule has 4 N–H and O–H groups in total. The molecule has 4 rings (SSSR count). The first-order valence-electron chi connectivity index (χ1n) is 10.6. The number of carboxylic acid groups (broad SMARTS) is 2. The fourth-order valence-corrected chi connectivity index (χ4v) is 4.43. The lowest BCUT2D eigenvalue weighted by Gasteiger charge is -2.22. The van der Waals surface area contributed by atoms with Crippen molar-refractivity contribution >= 4 is 29.2 Å². The molecule has 0 aromatic carbocycles. The molecule has 2 heterocycles. The normalized spacial score (nSPS) is 23.2. The quantitative estimate of drug-likeness (QED) is 0.467. The molecule has 30 heavy (non-hydrogen) atoms. The summed E-state index contributed by atoms with van der Waals surface area (Å²) in [4.78, 5) is 33.0. The molecule has 8 nitrogen and oxygen atoms in total. The third-order valence-electron chi connectivity index (χ3n) is 5.51. The topological polar surface area (TPSA) is 125 Å². The molecule has 3 fully saturated rings. The first-order valence-corrected chi connectivity index (χ1v) is 11.4. The van der Waals surface area contributed by atoms with Crippen LogP contribution in [0.4, 0.5) is 0 Å². The van der Waals surface area contributed by atoms with E-state index in [1.807, 2.05) is 5.38 Å². The molecule has 1 aromatic heterocycles. The van der Waals surface area contributed by atoms with E-state index in [4.69, 9.17) is 14.9 Å². The van der Waals surface area contributed by atoms with E-state index in [-0.39, 0.29) is 24.8 Å². The van der Waals surface area contributed by atoms with E-state index in [1.54, 1.807) is 11.3 Å². The smallest absolute Gasteiger partial charge is 0.303 e. The average Bonchev–Trinajstić information content (AvgIpc) is 3.64. The van der Waals surface area contributed by atoms with Gasteiger partial charge in [-0.1, -0.05) is 0 Å². The Hall–Kier alpha value is -1.97. The Morgan fingerprint density at radius 1 is 1.07 bits per heavy atom. The maximum atomic E-state index is 12.3. The lowest BCUT2D eigenvalue weighted by atomic mass is 10.1. The van der Waals surface area contributed by atoms with Crippen LogP contribution in [0.2, 0.25) is 0 Å². The van der Waals surface area contributed by atoms with Gasteiger partial charge in [0.05, 0.1) is 18.4 Å². The van der Waals surface area contributed by atoms with Crippen LogP contribution in [0, 0.1) is 5.92 Å². The minimum Gasteiger partial charge on any atom is -0.481 e. The Labute approximate surface area is 180 Å². The van der Waals surface area contributed by atoms with E-state index in [0.717, 1.165) is 37.5 Å². The SMILES string of the molecule is O=C(NC1CCOCC1)c1csc([C@@H]2C[C@H]2NCC2CC2)c1.O=C(O)CCC(=O)O. The lowest BCUT2D eigenvalue weighted by molar-refractivity contribution is -0.143. The van der Waals surface area contributed by atoms with Crippen molar-refractivity contribution in [1.82, 2.24) is 10.6 Å². The molecule has 2 atom stereocenters. The van der Waals surface area contributed by atoms with E-state index < -0.39 is 11.9 Å². The van der Waals surface area contributed by atoms with Crippen LogP contribution in [0.15, 0.2) is 11.4 Å². The van der Waals surface area contributed by atoms with Gasteiger partial charge < -0.3 is 25.6 Å². The summed E-state index contributed by atoms with van der Waals surface area (Å²) in [6.07, 6.45) is 5.30. The average molecular weight is 439 g/mol. The van der Waals surface area contributed by atoms with Crippen molar-refractivity contribution in [3.05, 3.63) is 21.9 Å². The standard InChI is InChI=1S/C17H24N2O2S.C4H6O4/c20-17(19-13-3-5-21-6-4-13)12-7-16(22-10-12)14-8-15(14)18-9-11-1-2-11;5-3(6)1-2-4(7)8/h7,10-11,13-15,18H,1-6,8-9H2,(H,19,20);1-2H2,(H,5,6)(H,7,8)/t14-,15-;/m1./s1. The Morgan fingerprint density at radius 3 is 2.33 bits per heavy atom. The number of nitrogens with one attached hydrogen (secondary N) is 2. The second-order valence-corrected chi connectivity index (χ2v) is 9.13. The number of hydrogen-bond donors (Lipinski definition) is 4. The Kier molecular flexibility index (Phi) is 8.24. The number of carbonyl (C=O) groups is 3. The molecule has 2 aliphatic carbocycles. The van der Waals surface area contributed by atoms with Crippen LogP contribution in [0.1, 0.15) is 66.1 Å². The molecule has 166 valence electrons. The predicted molar refractivity (Wildman–Crippen MR) is 112 cm³/mol. The third kappa shape index (κ3) is 7.70. The zero-order valence-electron chi connectivity index (χ0n) is 17.0. The van der Waals surface area contributed by atoms with Gasteiger partial charge in [0, 0.05) is 41.5 Å². The fraction of sp³-hybridized carbons (Fsp3) is 0.667. The molecule has 9 heteroatoms. The molecule has 0 spiro atoms. The fourth-order valence-electron chi connectivity index (χ4n) is 3.37. The van der Waals surface area contributed by atoms with Crippen LogP contribution in [0.25, 0.3) is 0 Å². The van der Waals surface area contributed by atoms with Gasteiger partial charge in [-0.3, -0.25) is 14.4 Å². The number of ether oxygens (including phenoxy) is 1. The maximum Gasteiger partial charge on any atom is 0.303 e. The molecule has 1 amide bonds. The van der Waals surface area contributed by atoms with Gasteiger partial charge in [-0.15, -0.1) is 11.3 Å². The summed E-state index contributed by atoms with van der Waals surface area (Å²) in [5.41, 5.74) is 0.833. The molecule has 0 radical (unpaired) electrons. The van der Waals surface area contributed by atoms with Gasteiger partial charge in [0.2, 0.25) is 0 Å². The van der Waals surface area contributed by atoms with Crippen LogP contribution >= 0.6 is 11.3 Å². The van der Waals surface area contributed by atoms with Crippen LogP contribution < -0.4 is 10.6 Å². The van der Waals surface area contributed by atoms with Crippen molar-refractivity contribution in [3.63, 3.8) is 0 Å². The molecule has 0 unspecified atom stereocenters. The van der Waals surface area contributed by atoms with Gasteiger partial charge in [-0.2, -0.15) is 0 Å². The predicted octanol–water partition coefficient (Wildman–Crippen LogP) is 2.45. The zero-order chi connectivity index (χ0) is 21.5. The Morgan fingerprint density at radius 2 is 1.73 bits per heavy atom. The first kappa shape index (κ1) is 22.7. The summed E-state index contributed by atoms with van der Waals surface area (Å²) < 4.78 is 5.33. The number of carbonyl (C=O) groups excluding carboxylic acids is 1. The second kappa shape index (κ2) is 10.9. The molecule has 1 aliphatic heterocycles. The largest absolute Gasteiger partial charge is 0.481 e. The highest BCUT2D eigenvalue weighted by Crippen LogP contribution is 2.44. The van der Waals surface area contributed by atoms with Gasteiger partial charge in [-0.25, -0.2) is 0 Å². The van der Waals surface area contributed by atoms with Gasteiger partial charge >= 0.3 is 11.9 Å². The minimum atomic E-state index is -1.08. The summed E-state index contributed by atoms with van der Waals surface area (Å²) in [5, 5.41) is 24.6. The molecule has 1 aromatic rings. The van der Waals surface area contributed by atoms with Crippen LogP contribution in [0.5, 0.6) is 0 Å². The minimum absolute atomic E-state index is 0.0811. The zero-order valence-corrected chi connectivity index (χ0v) is 17.8. The maximum absolute atomic E-state index is 12.3. The summed E-state index contributed by atoms with van der Waals surface area (Å²) in [6.45, 7) is 2.70. The van der Waals surface area contributed by atoms with E-state index >= 15 is 0 Å². The van der Waals surface area contributed by atoms with E-state index in [1.165, 1.54) is 30.7 Å². The lowest BCUT2D eigenvalue weighted by Crippen LogP contribution is -2.38. The summed E-state index contributed by atoms with van der Waals surface area (Å²) >= 11 is 1.74. The molecule has 0 bridgehead atoms. The summed E-state index contributed by atoms with van der Waals surface area (Å²) in [7, 11) is 0. The molecular weight excluding hydrogens is 408 g/mol. The van der Waals surface area contributed by atoms with Gasteiger partial charge in [0.1, 0.15) is 0 Å². The number of rotatable bonds is 9. The van der Waals surface area contributed by atoms with Crippen molar-refractivity contribution in [3.8, 4) is 0 Å². The van der Waals surface area contributed by atoms with Crippen LogP contribution in [0.3, 0.4) is 0 Å². The van der Waals surface area contributed by atoms with Crippen molar-refractivity contribution in [1.29, 1.82) is 0 Å². The summed E-state index contributed by atoms with van der Waals surface area (Å²) in [5.74, 6) is -0.504. The van der Waals surface area contributed by atoms with Crippen LogP contribution in [-0.4, -0.2) is 59.9 Å². The van der Waals surface area contributed by atoms with E-state index in [9.17, 15) is 14.4 Å².